The quantitative estimate of drug-likeness (QED) is 0.575. The third-order valence-electron chi connectivity index (χ3n) is 8.00. The molecule has 0 aromatic carbocycles. The van der Waals surface area contributed by atoms with Crippen LogP contribution < -0.4 is 0 Å². The van der Waals surface area contributed by atoms with E-state index in [4.69, 9.17) is 4.74 Å². The molecular weight excluding hydrogens is 304 g/mol. The zero-order valence-corrected chi connectivity index (χ0v) is 15.6. The number of thiol groups is 1. The fourth-order valence-corrected chi connectivity index (χ4v) is 7.16. The molecule has 0 bridgehead atoms. The second kappa shape index (κ2) is 6.05. The first-order valence-electron chi connectivity index (χ1n) is 9.86. The van der Waals surface area contributed by atoms with Crippen molar-refractivity contribution >= 4 is 18.4 Å². The van der Waals surface area contributed by atoms with Crippen LogP contribution in [0.25, 0.3) is 0 Å². The van der Waals surface area contributed by atoms with Gasteiger partial charge < -0.3 is 4.74 Å². The maximum Gasteiger partial charge on any atom is 0.139 e. The zero-order valence-electron chi connectivity index (χ0n) is 14.7. The molecule has 0 aromatic rings. The van der Waals surface area contributed by atoms with Gasteiger partial charge in [0.25, 0.3) is 0 Å². The van der Waals surface area contributed by atoms with Crippen molar-refractivity contribution in [1.29, 1.82) is 0 Å². The van der Waals surface area contributed by atoms with Crippen molar-refractivity contribution in [1.82, 2.24) is 0 Å². The number of Topliss-reactive ketones (excluding diaryl/α,β-unsaturated/α-hetero) is 1. The Bertz CT molecular complexity index is 476. The summed E-state index contributed by atoms with van der Waals surface area (Å²) < 4.78 is 6.00. The van der Waals surface area contributed by atoms with Gasteiger partial charge >= 0.3 is 0 Å². The van der Waals surface area contributed by atoms with E-state index in [0.29, 0.717) is 17.8 Å². The molecule has 0 amide bonds. The van der Waals surface area contributed by atoms with Crippen LogP contribution in [0.1, 0.15) is 71.6 Å². The number of fused-ring (bicyclic) bond motifs is 5. The number of hydrogen-bond acceptors (Lipinski definition) is 3. The lowest BCUT2D eigenvalue weighted by molar-refractivity contribution is -0.134. The molecule has 0 aliphatic heterocycles. The lowest BCUT2D eigenvalue weighted by Crippen LogP contribution is -2.49. The number of carbonyl (C=O) groups excluding carboxylic acids is 1. The average Bonchev–Trinajstić information content (AvgIpc) is 2.82. The van der Waals surface area contributed by atoms with Gasteiger partial charge in [0.15, 0.2) is 0 Å². The first kappa shape index (κ1) is 16.4. The molecule has 4 saturated carbocycles. The van der Waals surface area contributed by atoms with Crippen LogP contribution in [-0.4, -0.2) is 17.3 Å². The minimum Gasteiger partial charge on any atom is -0.365 e. The SMILES string of the molecule is CC(S)OC1CCC2C(CCC3C2CC[C@]2(C)C(=O)CCC32)C1. The summed E-state index contributed by atoms with van der Waals surface area (Å²) in [5.41, 5.74) is 0.100. The lowest BCUT2D eigenvalue weighted by Gasteiger charge is -2.54. The van der Waals surface area contributed by atoms with Crippen molar-refractivity contribution < 1.29 is 9.53 Å². The van der Waals surface area contributed by atoms with Crippen molar-refractivity contribution in [2.45, 2.75) is 83.2 Å². The molecule has 4 aliphatic carbocycles. The molecule has 0 aromatic heterocycles. The van der Waals surface area contributed by atoms with Gasteiger partial charge in [0.1, 0.15) is 5.78 Å². The van der Waals surface area contributed by atoms with E-state index < -0.39 is 0 Å². The molecule has 130 valence electrons. The summed E-state index contributed by atoms with van der Waals surface area (Å²) in [5.74, 6) is 4.77. The van der Waals surface area contributed by atoms with E-state index in [1.54, 1.807) is 0 Å². The lowest BCUT2D eigenvalue weighted by atomic mass is 9.50. The molecule has 4 rings (SSSR count). The fraction of sp³-hybridized carbons (Fsp3) is 0.950. The predicted molar refractivity (Wildman–Crippen MR) is 95.4 cm³/mol. The van der Waals surface area contributed by atoms with Crippen LogP contribution in [0.5, 0.6) is 0 Å². The zero-order chi connectivity index (χ0) is 16.2. The topological polar surface area (TPSA) is 26.3 Å². The summed E-state index contributed by atoms with van der Waals surface area (Å²) in [6, 6.07) is 0. The maximum absolute atomic E-state index is 12.4. The summed E-state index contributed by atoms with van der Waals surface area (Å²) in [6.45, 7) is 4.32. The first-order chi connectivity index (χ1) is 11.0. The largest absolute Gasteiger partial charge is 0.365 e. The van der Waals surface area contributed by atoms with E-state index in [0.717, 1.165) is 36.5 Å². The first-order valence-corrected chi connectivity index (χ1v) is 10.4. The predicted octanol–water partition coefficient (Wildman–Crippen LogP) is 4.87. The highest BCUT2D eigenvalue weighted by atomic mass is 32.1. The van der Waals surface area contributed by atoms with Gasteiger partial charge in [0.05, 0.1) is 11.5 Å². The van der Waals surface area contributed by atoms with Gasteiger partial charge in [-0.2, -0.15) is 0 Å². The van der Waals surface area contributed by atoms with E-state index in [2.05, 4.69) is 19.6 Å². The van der Waals surface area contributed by atoms with Gasteiger partial charge in [-0.1, -0.05) is 6.92 Å². The van der Waals surface area contributed by atoms with Crippen LogP contribution in [0.2, 0.25) is 0 Å². The number of hydrogen-bond donors (Lipinski definition) is 1. The Morgan fingerprint density at radius 2 is 1.87 bits per heavy atom. The Labute approximate surface area is 146 Å². The molecule has 0 saturated heterocycles. The summed E-state index contributed by atoms with van der Waals surface area (Å²) in [7, 11) is 0. The molecule has 0 spiro atoms. The summed E-state index contributed by atoms with van der Waals surface area (Å²) in [4.78, 5) is 12.4. The van der Waals surface area contributed by atoms with Crippen molar-refractivity contribution in [2.24, 2.45) is 35.0 Å². The number of rotatable bonds is 2. The second-order valence-corrected chi connectivity index (χ2v) is 9.75. The minimum absolute atomic E-state index is 0.0375. The molecule has 8 atom stereocenters. The van der Waals surface area contributed by atoms with Gasteiger partial charge in [0, 0.05) is 11.8 Å². The third-order valence-corrected chi connectivity index (χ3v) is 8.13. The summed E-state index contributed by atoms with van der Waals surface area (Å²) in [5, 5.41) is 0. The normalized spacial score (nSPS) is 50.8. The average molecular weight is 337 g/mol. The number of ether oxygens (including phenoxy) is 1. The fourth-order valence-electron chi connectivity index (χ4n) is 6.98. The Kier molecular flexibility index (Phi) is 4.33. The Morgan fingerprint density at radius 3 is 2.65 bits per heavy atom. The van der Waals surface area contributed by atoms with Crippen LogP contribution in [0.15, 0.2) is 0 Å². The van der Waals surface area contributed by atoms with Crippen LogP contribution in [0.4, 0.5) is 0 Å². The van der Waals surface area contributed by atoms with Gasteiger partial charge in [-0.05, 0) is 87.9 Å². The van der Waals surface area contributed by atoms with Crippen molar-refractivity contribution in [3.8, 4) is 0 Å². The van der Waals surface area contributed by atoms with Gasteiger partial charge in [-0.15, -0.1) is 12.6 Å². The van der Waals surface area contributed by atoms with Crippen LogP contribution in [-0.2, 0) is 9.53 Å². The number of ketones is 1. The highest BCUT2D eigenvalue weighted by Gasteiger charge is 2.56. The van der Waals surface area contributed by atoms with Crippen LogP contribution >= 0.6 is 12.6 Å². The van der Waals surface area contributed by atoms with Crippen molar-refractivity contribution in [2.75, 3.05) is 0 Å². The number of carbonyl (C=O) groups is 1. The summed E-state index contributed by atoms with van der Waals surface area (Å²) >= 11 is 4.41. The van der Waals surface area contributed by atoms with Gasteiger partial charge in [-0.25, -0.2) is 0 Å². The minimum atomic E-state index is 0.0375. The monoisotopic (exact) mass is 336 g/mol. The van der Waals surface area contributed by atoms with Crippen molar-refractivity contribution in [3.63, 3.8) is 0 Å². The van der Waals surface area contributed by atoms with E-state index >= 15 is 0 Å². The smallest absolute Gasteiger partial charge is 0.139 e. The van der Waals surface area contributed by atoms with Crippen molar-refractivity contribution in [3.05, 3.63) is 0 Å². The molecule has 0 heterocycles. The van der Waals surface area contributed by atoms with E-state index in [-0.39, 0.29) is 10.9 Å². The van der Waals surface area contributed by atoms with Gasteiger partial charge in [-0.3, -0.25) is 4.79 Å². The molecule has 23 heavy (non-hydrogen) atoms. The molecule has 4 fully saturated rings. The Morgan fingerprint density at radius 1 is 1.09 bits per heavy atom. The van der Waals surface area contributed by atoms with E-state index in [1.807, 2.05) is 6.92 Å². The third kappa shape index (κ3) is 2.70. The van der Waals surface area contributed by atoms with Crippen LogP contribution in [0.3, 0.4) is 0 Å². The van der Waals surface area contributed by atoms with Crippen LogP contribution in [0, 0.1) is 35.0 Å². The van der Waals surface area contributed by atoms with Gasteiger partial charge in [0.2, 0.25) is 0 Å². The molecule has 3 heteroatoms. The van der Waals surface area contributed by atoms with E-state index in [1.165, 1.54) is 44.9 Å². The highest BCUT2D eigenvalue weighted by Crippen LogP contribution is 2.61. The standard InChI is InChI=1S/C20H32O2S/c1-12(23)22-14-4-6-15-13(11-14)3-5-17-16(15)9-10-20(2)18(17)7-8-19(20)21/h12-18,23H,3-11H2,1-2H3/t12?,13?,14?,15?,16?,17?,18?,20-/m0/s1. The highest BCUT2D eigenvalue weighted by molar-refractivity contribution is 7.80. The molecule has 7 unspecified atom stereocenters. The Hall–Kier alpha value is -0.0200. The molecule has 4 aliphatic rings. The second-order valence-electron chi connectivity index (χ2n) is 9.02. The molecule has 2 nitrogen and oxygen atoms in total. The maximum atomic E-state index is 12.4. The molecular formula is C20H32O2S. The van der Waals surface area contributed by atoms with E-state index in [9.17, 15) is 4.79 Å². The molecule has 0 radical (unpaired) electrons. The Balaban J connectivity index is 1.47. The summed E-state index contributed by atoms with van der Waals surface area (Å²) in [6.07, 6.45) is 11.5. The molecule has 0 N–H and O–H groups in total.